The molecule has 3 N–H and O–H groups in total. The zero-order valence-corrected chi connectivity index (χ0v) is 16.6. The lowest BCUT2D eigenvalue weighted by molar-refractivity contribution is -0.0891. The van der Waals surface area contributed by atoms with Crippen LogP contribution in [0.4, 0.5) is 10.2 Å². The van der Waals surface area contributed by atoms with Crippen molar-refractivity contribution in [1.29, 1.82) is 0 Å². The average molecular weight is 422 g/mol. The van der Waals surface area contributed by atoms with Gasteiger partial charge in [-0.15, -0.1) is 0 Å². The van der Waals surface area contributed by atoms with Crippen LogP contribution in [0.1, 0.15) is 25.6 Å². The van der Waals surface area contributed by atoms with Crippen LogP contribution in [0.15, 0.2) is 36.9 Å². The van der Waals surface area contributed by atoms with E-state index in [9.17, 15) is 10.2 Å². The number of aliphatic hydroxyl groups excluding tert-OH is 1. The van der Waals surface area contributed by atoms with Crippen molar-refractivity contribution in [2.45, 2.75) is 44.0 Å². The third-order valence-corrected chi connectivity index (χ3v) is 5.92. The first kappa shape index (κ1) is 20.0. The Bertz CT molecular complexity index is 1040. The number of rotatable bonds is 5. The standard InChI is InChI=1S/C19H21ClFN5O3/c1-18(21)17(29-13(8-27)19(18,2)28)26-10-25-14-15(23-9-24-16(14)26)22-7-11-5-3-4-6-12(11)20/h3-6,9-10,13,17,27-28H,7-8H2,1-2H3,(H,22,23,24)/t13-,17+,18+,19+/m1/s1. The lowest BCUT2D eigenvalue weighted by Crippen LogP contribution is -2.51. The van der Waals surface area contributed by atoms with Gasteiger partial charge < -0.3 is 20.3 Å². The van der Waals surface area contributed by atoms with Gasteiger partial charge in [-0.25, -0.2) is 19.3 Å². The maximum absolute atomic E-state index is 15.5. The molecule has 2 aromatic heterocycles. The Morgan fingerprint density at radius 1 is 1.28 bits per heavy atom. The minimum atomic E-state index is -2.19. The first-order valence-electron chi connectivity index (χ1n) is 9.09. The summed E-state index contributed by atoms with van der Waals surface area (Å²) in [5, 5.41) is 23.8. The number of benzene rings is 1. The van der Waals surface area contributed by atoms with E-state index in [1.807, 2.05) is 18.2 Å². The molecule has 0 saturated carbocycles. The Morgan fingerprint density at radius 3 is 2.72 bits per heavy atom. The molecular formula is C19H21ClFN5O3. The highest BCUT2D eigenvalue weighted by molar-refractivity contribution is 6.31. The number of nitrogens with zero attached hydrogens (tertiary/aromatic N) is 4. The number of aliphatic hydroxyl groups is 2. The molecule has 1 aromatic carbocycles. The second-order valence-corrected chi connectivity index (χ2v) is 7.78. The van der Waals surface area contributed by atoms with E-state index in [-0.39, 0.29) is 0 Å². The molecule has 1 saturated heterocycles. The van der Waals surface area contributed by atoms with Gasteiger partial charge in [-0.2, -0.15) is 0 Å². The van der Waals surface area contributed by atoms with Crippen LogP contribution in [-0.4, -0.2) is 53.7 Å². The minimum absolute atomic E-state index is 0.338. The van der Waals surface area contributed by atoms with Crippen LogP contribution in [0.2, 0.25) is 5.02 Å². The summed E-state index contributed by atoms with van der Waals surface area (Å²) >= 11 is 6.19. The summed E-state index contributed by atoms with van der Waals surface area (Å²) in [5.41, 5.74) is -2.43. The van der Waals surface area contributed by atoms with Gasteiger partial charge in [0.05, 0.1) is 12.9 Å². The van der Waals surface area contributed by atoms with Crippen LogP contribution in [-0.2, 0) is 11.3 Å². The van der Waals surface area contributed by atoms with E-state index >= 15 is 4.39 Å². The third-order valence-electron chi connectivity index (χ3n) is 5.55. The highest BCUT2D eigenvalue weighted by Crippen LogP contribution is 2.48. The summed E-state index contributed by atoms with van der Waals surface area (Å²) in [5.74, 6) is 0.456. The molecule has 0 unspecified atom stereocenters. The van der Waals surface area contributed by atoms with E-state index < -0.39 is 30.2 Å². The smallest absolute Gasteiger partial charge is 0.183 e. The number of anilines is 1. The molecule has 1 aliphatic rings. The lowest BCUT2D eigenvalue weighted by atomic mass is 9.85. The number of hydrogen-bond donors (Lipinski definition) is 3. The molecule has 1 aliphatic heterocycles. The fraction of sp³-hybridized carbons (Fsp3) is 0.421. The largest absolute Gasteiger partial charge is 0.394 e. The van der Waals surface area contributed by atoms with Crippen molar-refractivity contribution >= 4 is 28.6 Å². The average Bonchev–Trinajstić information content (AvgIpc) is 3.18. The van der Waals surface area contributed by atoms with E-state index in [1.54, 1.807) is 6.07 Å². The van der Waals surface area contributed by atoms with Crippen LogP contribution < -0.4 is 5.32 Å². The molecule has 0 amide bonds. The molecule has 3 heterocycles. The summed E-state index contributed by atoms with van der Waals surface area (Å²) in [6, 6.07) is 7.42. The van der Waals surface area contributed by atoms with Gasteiger partial charge in [0.1, 0.15) is 18.0 Å². The van der Waals surface area contributed by atoms with Crippen molar-refractivity contribution in [2.75, 3.05) is 11.9 Å². The predicted molar refractivity (Wildman–Crippen MR) is 105 cm³/mol. The Labute approximate surface area is 171 Å². The van der Waals surface area contributed by atoms with Crippen molar-refractivity contribution in [2.24, 2.45) is 0 Å². The fourth-order valence-corrected chi connectivity index (χ4v) is 3.70. The number of aromatic nitrogens is 4. The molecule has 0 aliphatic carbocycles. The third kappa shape index (κ3) is 3.14. The van der Waals surface area contributed by atoms with E-state index in [0.29, 0.717) is 28.5 Å². The Morgan fingerprint density at radius 2 is 2.03 bits per heavy atom. The zero-order chi connectivity index (χ0) is 20.8. The van der Waals surface area contributed by atoms with Crippen LogP contribution in [0.5, 0.6) is 0 Å². The number of alkyl halides is 1. The van der Waals surface area contributed by atoms with Crippen LogP contribution >= 0.6 is 11.6 Å². The molecule has 0 radical (unpaired) electrons. The first-order valence-corrected chi connectivity index (χ1v) is 9.47. The van der Waals surface area contributed by atoms with E-state index in [2.05, 4.69) is 20.3 Å². The van der Waals surface area contributed by atoms with Gasteiger partial charge in [0, 0.05) is 11.6 Å². The predicted octanol–water partition coefficient (Wildman–Crippen LogP) is 2.46. The molecule has 1 fully saturated rings. The van der Waals surface area contributed by atoms with Crippen LogP contribution in [0.3, 0.4) is 0 Å². The van der Waals surface area contributed by atoms with E-state index in [1.165, 1.54) is 31.1 Å². The van der Waals surface area contributed by atoms with Gasteiger partial charge >= 0.3 is 0 Å². The number of nitrogens with one attached hydrogen (secondary N) is 1. The second kappa shape index (κ2) is 7.17. The minimum Gasteiger partial charge on any atom is -0.394 e. The van der Waals surface area contributed by atoms with Gasteiger partial charge in [0.25, 0.3) is 0 Å². The molecule has 29 heavy (non-hydrogen) atoms. The Hall–Kier alpha value is -2.33. The molecule has 4 atom stereocenters. The summed E-state index contributed by atoms with van der Waals surface area (Å²) in [4.78, 5) is 12.8. The summed E-state index contributed by atoms with van der Waals surface area (Å²) < 4.78 is 22.5. The van der Waals surface area contributed by atoms with Gasteiger partial charge in [0.15, 0.2) is 28.9 Å². The number of fused-ring (bicyclic) bond motifs is 1. The van der Waals surface area contributed by atoms with Crippen molar-refractivity contribution in [3.05, 3.63) is 47.5 Å². The van der Waals surface area contributed by atoms with Crippen molar-refractivity contribution in [3.63, 3.8) is 0 Å². The molecular weight excluding hydrogens is 401 g/mol. The summed E-state index contributed by atoms with van der Waals surface area (Å²) in [7, 11) is 0. The monoisotopic (exact) mass is 421 g/mol. The number of hydrogen-bond acceptors (Lipinski definition) is 7. The SMILES string of the molecule is C[C@]1(O)[C@@H](CO)O[C@H](n2cnc3c(NCc4ccccc4Cl)ncnc32)[C@]1(C)F. The molecule has 4 rings (SSSR count). The van der Waals surface area contributed by atoms with Crippen LogP contribution in [0.25, 0.3) is 11.2 Å². The van der Waals surface area contributed by atoms with Gasteiger partial charge in [0.2, 0.25) is 0 Å². The maximum atomic E-state index is 15.5. The number of ether oxygens (including phenoxy) is 1. The quantitative estimate of drug-likeness (QED) is 0.581. The number of imidazole rings is 1. The molecule has 8 nitrogen and oxygen atoms in total. The zero-order valence-electron chi connectivity index (χ0n) is 15.9. The lowest BCUT2D eigenvalue weighted by Gasteiger charge is -2.32. The first-order chi connectivity index (χ1) is 13.8. The highest BCUT2D eigenvalue weighted by atomic mass is 35.5. The topological polar surface area (TPSA) is 105 Å². The summed E-state index contributed by atoms with van der Waals surface area (Å²) in [6.07, 6.45) is 0.422. The maximum Gasteiger partial charge on any atom is 0.183 e. The van der Waals surface area contributed by atoms with Crippen molar-refractivity contribution < 1.29 is 19.3 Å². The molecule has 0 bridgehead atoms. The highest BCUT2D eigenvalue weighted by Gasteiger charge is 2.63. The molecule has 0 spiro atoms. The molecule has 154 valence electrons. The van der Waals surface area contributed by atoms with Gasteiger partial charge in [-0.3, -0.25) is 4.57 Å². The van der Waals surface area contributed by atoms with Gasteiger partial charge in [-0.1, -0.05) is 29.8 Å². The molecule has 3 aromatic rings. The second-order valence-electron chi connectivity index (χ2n) is 7.37. The molecule has 10 heteroatoms. The normalized spacial score (nSPS) is 29.4. The van der Waals surface area contributed by atoms with Gasteiger partial charge in [-0.05, 0) is 25.5 Å². The van der Waals surface area contributed by atoms with Crippen LogP contribution in [0, 0.1) is 0 Å². The number of halogens is 2. The Kier molecular flexibility index (Phi) is 4.94. The fourth-order valence-electron chi connectivity index (χ4n) is 3.50. The van der Waals surface area contributed by atoms with E-state index in [4.69, 9.17) is 16.3 Å². The summed E-state index contributed by atoms with van der Waals surface area (Å²) in [6.45, 7) is 2.44. The van der Waals surface area contributed by atoms with Crippen molar-refractivity contribution in [3.8, 4) is 0 Å². The van der Waals surface area contributed by atoms with E-state index in [0.717, 1.165) is 5.56 Å². The Balaban J connectivity index is 1.67. The van der Waals surface area contributed by atoms with Crippen molar-refractivity contribution in [1.82, 2.24) is 19.5 Å².